The molecule has 0 aromatic carbocycles. The number of amides is 1. The SMILES string of the molecule is O=C(C1CNCCN1)N1CCN(CC(F)(F)F)CC1. The molecule has 2 fully saturated rings. The van der Waals surface area contributed by atoms with E-state index >= 15 is 0 Å². The fraction of sp³-hybridized carbons (Fsp3) is 0.909. The first-order chi connectivity index (χ1) is 8.96. The van der Waals surface area contributed by atoms with Crippen LogP contribution in [0, 0.1) is 0 Å². The van der Waals surface area contributed by atoms with E-state index in [1.807, 2.05) is 0 Å². The van der Waals surface area contributed by atoms with Crippen LogP contribution in [-0.4, -0.2) is 80.3 Å². The molecule has 8 heteroatoms. The van der Waals surface area contributed by atoms with Gasteiger partial charge in [-0.05, 0) is 0 Å². The molecule has 2 saturated heterocycles. The normalized spacial score (nSPS) is 26.5. The van der Waals surface area contributed by atoms with E-state index in [0.717, 1.165) is 13.1 Å². The zero-order valence-corrected chi connectivity index (χ0v) is 10.7. The first kappa shape index (κ1) is 14.5. The summed E-state index contributed by atoms with van der Waals surface area (Å²) in [6.45, 7) is 2.57. The van der Waals surface area contributed by atoms with Crippen molar-refractivity contribution in [2.45, 2.75) is 12.2 Å². The molecule has 0 bridgehead atoms. The number of nitrogens with zero attached hydrogens (tertiary/aromatic N) is 2. The maximum Gasteiger partial charge on any atom is 0.401 e. The number of nitrogens with one attached hydrogen (secondary N) is 2. The maximum absolute atomic E-state index is 12.2. The van der Waals surface area contributed by atoms with Gasteiger partial charge in [-0.3, -0.25) is 9.69 Å². The lowest BCUT2D eigenvalue weighted by Crippen LogP contribution is -2.60. The molecule has 0 saturated carbocycles. The van der Waals surface area contributed by atoms with E-state index in [9.17, 15) is 18.0 Å². The lowest BCUT2D eigenvalue weighted by atomic mass is 10.2. The van der Waals surface area contributed by atoms with Crippen LogP contribution in [0.2, 0.25) is 0 Å². The third kappa shape index (κ3) is 4.32. The van der Waals surface area contributed by atoms with E-state index in [1.165, 1.54) is 4.90 Å². The van der Waals surface area contributed by atoms with Gasteiger partial charge >= 0.3 is 6.18 Å². The molecule has 0 aromatic rings. The van der Waals surface area contributed by atoms with Crippen molar-refractivity contribution >= 4 is 5.91 Å². The van der Waals surface area contributed by atoms with Gasteiger partial charge < -0.3 is 15.5 Å². The monoisotopic (exact) mass is 280 g/mol. The molecule has 1 amide bonds. The molecule has 2 N–H and O–H groups in total. The van der Waals surface area contributed by atoms with Crippen molar-refractivity contribution in [1.29, 1.82) is 0 Å². The summed E-state index contributed by atoms with van der Waals surface area (Å²) in [4.78, 5) is 15.1. The van der Waals surface area contributed by atoms with Gasteiger partial charge in [-0.15, -0.1) is 0 Å². The van der Waals surface area contributed by atoms with Gasteiger partial charge in [-0.1, -0.05) is 0 Å². The third-order valence-corrected chi connectivity index (χ3v) is 3.43. The van der Waals surface area contributed by atoms with Crippen LogP contribution in [0.3, 0.4) is 0 Å². The largest absolute Gasteiger partial charge is 0.401 e. The Morgan fingerprint density at radius 1 is 1.16 bits per heavy atom. The Balaban J connectivity index is 1.77. The number of rotatable bonds is 2. The van der Waals surface area contributed by atoms with Crippen molar-refractivity contribution in [3.8, 4) is 0 Å². The standard InChI is InChI=1S/C11H19F3N4O/c12-11(13,14)8-17-3-5-18(6-4-17)10(19)9-7-15-1-2-16-9/h9,15-16H,1-8H2. The van der Waals surface area contributed by atoms with Crippen LogP contribution in [-0.2, 0) is 4.79 Å². The Kier molecular flexibility index (Phi) is 4.64. The van der Waals surface area contributed by atoms with Crippen molar-refractivity contribution in [1.82, 2.24) is 20.4 Å². The minimum absolute atomic E-state index is 0.0149. The van der Waals surface area contributed by atoms with Gasteiger partial charge in [-0.2, -0.15) is 13.2 Å². The first-order valence-corrected chi connectivity index (χ1v) is 6.48. The fourth-order valence-electron chi connectivity index (χ4n) is 2.43. The molecule has 0 aliphatic carbocycles. The van der Waals surface area contributed by atoms with Crippen LogP contribution in [0.4, 0.5) is 13.2 Å². The van der Waals surface area contributed by atoms with Gasteiger partial charge in [0.1, 0.15) is 0 Å². The fourth-order valence-corrected chi connectivity index (χ4v) is 2.43. The van der Waals surface area contributed by atoms with Crippen LogP contribution in [0.15, 0.2) is 0 Å². The molecule has 1 unspecified atom stereocenters. The molecule has 2 aliphatic rings. The van der Waals surface area contributed by atoms with Gasteiger partial charge in [0.05, 0.1) is 12.6 Å². The summed E-state index contributed by atoms with van der Waals surface area (Å²) < 4.78 is 36.7. The highest BCUT2D eigenvalue weighted by Crippen LogP contribution is 2.17. The summed E-state index contributed by atoms with van der Waals surface area (Å²) >= 11 is 0. The summed E-state index contributed by atoms with van der Waals surface area (Å²) in [5.41, 5.74) is 0. The molecule has 2 heterocycles. The Morgan fingerprint density at radius 2 is 1.84 bits per heavy atom. The molecular formula is C11H19F3N4O. The second-order valence-corrected chi connectivity index (χ2v) is 4.93. The molecule has 0 spiro atoms. The summed E-state index contributed by atoms with van der Waals surface area (Å²) in [7, 11) is 0. The van der Waals surface area contributed by atoms with Crippen molar-refractivity contribution in [2.24, 2.45) is 0 Å². The van der Waals surface area contributed by atoms with Gasteiger partial charge in [0.15, 0.2) is 0 Å². The van der Waals surface area contributed by atoms with Crippen LogP contribution < -0.4 is 10.6 Å². The van der Waals surface area contributed by atoms with Crippen LogP contribution in [0.1, 0.15) is 0 Å². The van der Waals surface area contributed by atoms with Crippen molar-refractivity contribution in [3.05, 3.63) is 0 Å². The Morgan fingerprint density at radius 3 is 2.37 bits per heavy atom. The zero-order chi connectivity index (χ0) is 13.9. The Hall–Kier alpha value is -0.860. The van der Waals surface area contributed by atoms with E-state index < -0.39 is 12.7 Å². The predicted octanol–water partition coefficient (Wildman–Crippen LogP) is -0.746. The van der Waals surface area contributed by atoms with E-state index in [-0.39, 0.29) is 25.0 Å². The molecule has 2 aliphatic heterocycles. The molecule has 0 aromatic heterocycles. The van der Waals surface area contributed by atoms with Crippen LogP contribution in [0.5, 0.6) is 0 Å². The lowest BCUT2D eigenvalue weighted by Gasteiger charge is -2.37. The highest BCUT2D eigenvalue weighted by atomic mass is 19.4. The number of alkyl halides is 3. The Labute approximate surface area is 110 Å². The van der Waals surface area contributed by atoms with Gasteiger partial charge in [0, 0.05) is 45.8 Å². The van der Waals surface area contributed by atoms with Gasteiger partial charge in [-0.25, -0.2) is 0 Å². The van der Waals surface area contributed by atoms with Crippen LogP contribution >= 0.6 is 0 Å². The Bertz CT molecular complexity index is 310. The van der Waals surface area contributed by atoms with E-state index in [4.69, 9.17) is 0 Å². The molecule has 5 nitrogen and oxygen atoms in total. The van der Waals surface area contributed by atoms with Crippen molar-refractivity contribution in [2.75, 3.05) is 52.4 Å². The number of halogens is 3. The minimum Gasteiger partial charge on any atom is -0.339 e. The summed E-state index contributed by atoms with van der Waals surface area (Å²) in [6.07, 6.45) is -4.17. The third-order valence-electron chi connectivity index (χ3n) is 3.43. The van der Waals surface area contributed by atoms with Gasteiger partial charge in [0.25, 0.3) is 0 Å². The molecule has 1 atom stereocenters. The highest BCUT2D eigenvalue weighted by Gasteiger charge is 2.34. The number of carbonyl (C=O) groups excluding carboxylic acids is 1. The second-order valence-electron chi connectivity index (χ2n) is 4.93. The van der Waals surface area contributed by atoms with E-state index in [0.29, 0.717) is 19.6 Å². The van der Waals surface area contributed by atoms with Crippen LogP contribution in [0.25, 0.3) is 0 Å². The highest BCUT2D eigenvalue weighted by molar-refractivity contribution is 5.82. The van der Waals surface area contributed by atoms with E-state index in [2.05, 4.69) is 10.6 Å². The van der Waals surface area contributed by atoms with Crippen molar-refractivity contribution in [3.63, 3.8) is 0 Å². The summed E-state index contributed by atoms with van der Waals surface area (Å²) in [5.74, 6) is -0.0149. The first-order valence-electron chi connectivity index (χ1n) is 6.48. The molecule has 0 radical (unpaired) electrons. The molecule has 110 valence electrons. The van der Waals surface area contributed by atoms with E-state index in [1.54, 1.807) is 4.90 Å². The molecular weight excluding hydrogens is 261 g/mol. The number of carbonyl (C=O) groups is 1. The molecule has 19 heavy (non-hydrogen) atoms. The van der Waals surface area contributed by atoms with Gasteiger partial charge in [0.2, 0.25) is 5.91 Å². The summed E-state index contributed by atoms with van der Waals surface area (Å²) in [5, 5.41) is 6.24. The predicted molar refractivity (Wildman–Crippen MR) is 63.7 cm³/mol. The topological polar surface area (TPSA) is 47.6 Å². The number of hydrogen-bond acceptors (Lipinski definition) is 4. The number of hydrogen-bond donors (Lipinski definition) is 2. The quantitative estimate of drug-likeness (QED) is 0.699. The second kappa shape index (κ2) is 6.06. The lowest BCUT2D eigenvalue weighted by molar-refractivity contribution is -0.152. The number of piperazine rings is 2. The zero-order valence-electron chi connectivity index (χ0n) is 10.7. The summed E-state index contributed by atoms with van der Waals surface area (Å²) in [6, 6.07) is -0.247. The minimum atomic E-state index is -4.17. The molecule has 2 rings (SSSR count). The average molecular weight is 280 g/mol. The average Bonchev–Trinajstić information content (AvgIpc) is 2.38. The maximum atomic E-state index is 12.2. The smallest absolute Gasteiger partial charge is 0.339 e. The van der Waals surface area contributed by atoms with Crippen molar-refractivity contribution < 1.29 is 18.0 Å².